The van der Waals surface area contributed by atoms with Gasteiger partial charge in [0.25, 0.3) is 5.82 Å². The number of fused-ring (bicyclic) bond motifs is 5. The van der Waals surface area contributed by atoms with Gasteiger partial charge in [0.2, 0.25) is 0 Å². The number of hydrogen-bond acceptors (Lipinski definition) is 9. The molecule has 0 atom stereocenters. The van der Waals surface area contributed by atoms with Crippen molar-refractivity contribution in [3.8, 4) is 0 Å². The minimum atomic E-state index is -0.236. The van der Waals surface area contributed by atoms with E-state index in [0.29, 0.717) is 19.6 Å². The van der Waals surface area contributed by atoms with E-state index in [1.165, 1.54) is 11.1 Å². The number of ether oxygens (including phenoxy) is 2. The molecule has 2 aliphatic heterocycles. The Morgan fingerprint density at radius 2 is 2.07 bits per heavy atom. The fourth-order valence-electron chi connectivity index (χ4n) is 4.23. The lowest BCUT2D eigenvalue weighted by atomic mass is 9.90. The summed E-state index contributed by atoms with van der Waals surface area (Å²) in [4.78, 5) is 7.12. The molecule has 5 rings (SSSR count). The summed E-state index contributed by atoms with van der Waals surface area (Å²) in [5.41, 5.74) is 3.13. The van der Waals surface area contributed by atoms with Gasteiger partial charge in [-0.05, 0) is 31.0 Å². The fraction of sp³-hybridized carbons (Fsp3) is 0.600. The number of pyridine rings is 1. The highest BCUT2D eigenvalue weighted by molar-refractivity contribution is 7.25. The first-order valence-corrected chi connectivity index (χ1v) is 11.2. The van der Waals surface area contributed by atoms with E-state index in [1.807, 2.05) is 0 Å². The van der Waals surface area contributed by atoms with E-state index in [0.717, 1.165) is 64.8 Å². The highest BCUT2D eigenvalue weighted by atomic mass is 32.1. The molecule has 9 nitrogen and oxygen atoms in total. The van der Waals surface area contributed by atoms with E-state index < -0.39 is 0 Å². The van der Waals surface area contributed by atoms with Gasteiger partial charge in [-0.15, -0.1) is 10.2 Å². The van der Waals surface area contributed by atoms with Gasteiger partial charge in [-0.3, -0.25) is 4.90 Å². The van der Waals surface area contributed by atoms with Gasteiger partial charge in [-0.2, -0.15) is 0 Å². The third kappa shape index (κ3) is 3.47. The number of morpholine rings is 1. The Kier molecular flexibility index (Phi) is 5.18. The Morgan fingerprint density at radius 1 is 1.23 bits per heavy atom. The van der Waals surface area contributed by atoms with Gasteiger partial charge in [0.05, 0.1) is 36.4 Å². The van der Waals surface area contributed by atoms with Gasteiger partial charge in [0.15, 0.2) is 10.6 Å². The number of nitrogens with zero attached hydrogens (tertiary/aromatic N) is 4. The summed E-state index contributed by atoms with van der Waals surface area (Å²) in [5, 5.41) is 26.2. The van der Waals surface area contributed by atoms with Crippen LogP contribution in [-0.2, 0) is 22.5 Å². The molecule has 0 aromatic carbocycles. The zero-order valence-electron chi connectivity index (χ0n) is 17.3. The number of nitrogens with one attached hydrogen (secondary N) is 2. The van der Waals surface area contributed by atoms with Crippen LogP contribution in [0.3, 0.4) is 0 Å². The standard InChI is InChI=1S/C20H26N6O3S/c1-20(2)10-12-13(11-29-20)18(26-5-8-28-9-6-26)22-19-14(12)15-16(30-19)17(24-25-23-15)21-4-3-7-27/h27H,3-11H2,1-2H3,(H,21,23,24)/p+1. The second-order valence-electron chi connectivity index (χ2n) is 8.38. The second kappa shape index (κ2) is 7.84. The molecule has 160 valence electrons. The number of thiophene rings is 1. The van der Waals surface area contributed by atoms with Crippen molar-refractivity contribution >= 4 is 43.4 Å². The van der Waals surface area contributed by atoms with Crippen molar-refractivity contribution in [3.63, 3.8) is 0 Å². The summed E-state index contributed by atoms with van der Waals surface area (Å²) in [6, 6.07) is 0. The van der Waals surface area contributed by atoms with Gasteiger partial charge < -0.3 is 19.9 Å². The van der Waals surface area contributed by atoms with Crippen LogP contribution < -0.4 is 15.2 Å². The number of aliphatic hydroxyl groups excluding tert-OH is 1. The van der Waals surface area contributed by atoms with Crippen LogP contribution in [0, 0.1) is 0 Å². The number of H-pyrrole nitrogens is 1. The Morgan fingerprint density at radius 3 is 2.87 bits per heavy atom. The highest BCUT2D eigenvalue weighted by Crippen LogP contribution is 2.42. The van der Waals surface area contributed by atoms with Crippen LogP contribution >= 0.6 is 11.3 Å². The monoisotopic (exact) mass is 431 g/mol. The maximum atomic E-state index is 9.09. The van der Waals surface area contributed by atoms with E-state index >= 15 is 0 Å². The van der Waals surface area contributed by atoms with Gasteiger partial charge in [0.1, 0.15) is 23.3 Å². The number of aromatic nitrogens is 4. The van der Waals surface area contributed by atoms with Crippen LogP contribution in [0.1, 0.15) is 31.4 Å². The number of aliphatic hydroxyl groups is 1. The molecule has 3 aromatic heterocycles. The molecule has 2 aliphatic rings. The molecule has 30 heavy (non-hydrogen) atoms. The Bertz CT molecular complexity index is 1080. The molecule has 0 unspecified atom stereocenters. The number of rotatable bonds is 5. The van der Waals surface area contributed by atoms with Gasteiger partial charge >= 0.3 is 0 Å². The summed E-state index contributed by atoms with van der Waals surface area (Å²) >= 11 is 1.65. The minimum Gasteiger partial charge on any atom is -0.396 e. The first-order valence-electron chi connectivity index (χ1n) is 10.4. The molecule has 0 saturated carbocycles. The molecule has 5 heterocycles. The van der Waals surface area contributed by atoms with Crippen molar-refractivity contribution in [3.05, 3.63) is 11.1 Å². The average molecular weight is 432 g/mol. The number of anilines is 2. The second-order valence-corrected chi connectivity index (χ2v) is 9.40. The normalized spacial score (nSPS) is 18.7. The maximum Gasteiger partial charge on any atom is 0.281 e. The molecule has 0 radical (unpaired) electrons. The zero-order valence-corrected chi connectivity index (χ0v) is 18.1. The average Bonchev–Trinajstić information content (AvgIpc) is 3.13. The van der Waals surface area contributed by atoms with E-state index in [-0.39, 0.29) is 12.2 Å². The topological polar surface area (TPSA) is 107 Å². The minimum absolute atomic E-state index is 0.139. The zero-order chi connectivity index (χ0) is 20.7. The molecule has 3 aromatic rings. The lowest BCUT2D eigenvalue weighted by molar-refractivity contribution is -0.329. The number of aromatic amines is 1. The maximum absolute atomic E-state index is 9.09. The molecular weight excluding hydrogens is 404 g/mol. The molecule has 1 fully saturated rings. The molecular formula is C20H27N6O3S+. The quantitative estimate of drug-likeness (QED) is 0.586. The molecule has 0 amide bonds. The van der Waals surface area contributed by atoms with Crippen LogP contribution in [0.2, 0.25) is 0 Å². The molecule has 10 heteroatoms. The Labute approximate surface area is 178 Å². The van der Waals surface area contributed by atoms with Gasteiger partial charge in [0, 0.05) is 19.6 Å². The smallest absolute Gasteiger partial charge is 0.281 e. The Hall–Kier alpha value is -2.14. The van der Waals surface area contributed by atoms with Crippen LogP contribution in [0.5, 0.6) is 0 Å². The van der Waals surface area contributed by atoms with Crippen molar-refractivity contribution in [1.29, 1.82) is 0 Å². The lowest BCUT2D eigenvalue weighted by Crippen LogP contribution is -2.42. The van der Waals surface area contributed by atoms with Crippen molar-refractivity contribution in [2.24, 2.45) is 0 Å². The molecule has 0 aliphatic carbocycles. The molecule has 1 saturated heterocycles. The van der Waals surface area contributed by atoms with Crippen LogP contribution in [0.4, 0.5) is 11.6 Å². The summed E-state index contributed by atoms with van der Waals surface area (Å²) in [5.74, 6) is 1.84. The largest absolute Gasteiger partial charge is 0.396 e. The first-order chi connectivity index (χ1) is 14.6. The summed E-state index contributed by atoms with van der Waals surface area (Å²) in [6.07, 6.45) is 1.47. The summed E-state index contributed by atoms with van der Waals surface area (Å²) in [7, 11) is 0. The van der Waals surface area contributed by atoms with Crippen molar-refractivity contribution in [2.75, 3.05) is 49.7 Å². The van der Waals surface area contributed by atoms with E-state index in [1.54, 1.807) is 11.3 Å². The van der Waals surface area contributed by atoms with E-state index in [4.69, 9.17) is 14.6 Å². The highest BCUT2D eigenvalue weighted by Gasteiger charge is 2.36. The third-order valence-electron chi connectivity index (χ3n) is 5.74. The lowest BCUT2D eigenvalue weighted by Gasteiger charge is -2.33. The van der Waals surface area contributed by atoms with Gasteiger partial charge in [-0.1, -0.05) is 11.3 Å². The predicted octanol–water partition coefficient (Wildman–Crippen LogP) is 1.54. The van der Waals surface area contributed by atoms with Crippen molar-refractivity contribution < 1.29 is 19.6 Å². The predicted molar refractivity (Wildman–Crippen MR) is 115 cm³/mol. The van der Waals surface area contributed by atoms with Crippen molar-refractivity contribution in [1.82, 2.24) is 15.4 Å². The van der Waals surface area contributed by atoms with E-state index in [9.17, 15) is 0 Å². The van der Waals surface area contributed by atoms with Crippen LogP contribution in [-0.4, -0.2) is 65.6 Å². The molecule has 0 spiro atoms. The third-order valence-corrected chi connectivity index (χ3v) is 6.84. The number of hydrogen-bond donors (Lipinski definition) is 2. The summed E-state index contributed by atoms with van der Waals surface area (Å²) in [6.45, 7) is 8.80. The first kappa shape index (κ1) is 19.8. The van der Waals surface area contributed by atoms with E-state index in [2.05, 4.69) is 44.5 Å². The molecule has 3 N–H and O–H groups in total. The SMILES string of the molecule is CC1(C)Cc2c(c(N3CCOCC3)[nH+]c3sc4c(NCCCO)nnnc4c23)CO1. The van der Waals surface area contributed by atoms with Crippen LogP contribution in [0.15, 0.2) is 0 Å². The Balaban J connectivity index is 1.70. The van der Waals surface area contributed by atoms with Crippen LogP contribution in [0.25, 0.3) is 20.4 Å². The molecule has 0 bridgehead atoms. The van der Waals surface area contributed by atoms with Crippen molar-refractivity contribution in [2.45, 2.75) is 38.9 Å². The summed E-state index contributed by atoms with van der Waals surface area (Å²) < 4.78 is 12.7. The fourth-order valence-corrected chi connectivity index (χ4v) is 5.36. The van der Waals surface area contributed by atoms with Gasteiger partial charge in [-0.25, -0.2) is 4.98 Å².